The van der Waals surface area contributed by atoms with E-state index < -0.39 is 21.8 Å². The third-order valence-corrected chi connectivity index (χ3v) is 6.84. The number of rotatable bonds is 0. The molecule has 0 aliphatic carbocycles. The van der Waals surface area contributed by atoms with Crippen molar-refractivity contribution >= 4 is 15.7 Å². The Balaban J connectivity index is 1.99. The van der Waals surface area contributed by atoms with E-state index in [1.165, 1.54) is 16.9 Å². The number of aromatic nitrogens is 3. The van der Waals surface area contributed by atoms with Crippen molar-refractivity contribution in [1.29, 1.82) is 5.26 Å². The number of aryl methyl sites for hydroxylation is 2. The summed E-state index contributed by atoms with van der Waals surface area (Å²) in [5.41, 5.74) is 7.88. The average Bonchev–Trinajstić information content (AvgIpc) is 3.02. The fourth-order valence-electron chi connectivity index (χ4n) is 3.59. The summed E-state index contributed by atoms with van der Waals surface area (Å²) >= 11 is 0. The SMILES string of the molecule is C[C@H]1Oc2cc(cnc2N)-c2c(nn(C)c2C#N)CCS(=O)(=O)c2ccc(F)cc21. The molecule has 1 atom stereocenters. The summed E-state index contributed by atoms with van der Waals surface area (Å²) in [6, 6.07) is 7.23. The summed E-state index contributed by atoms with van der Waals surface area (Å²) in [6.45, 7) is 1.61. The molecule has 1 aliphatic heterocycles. The van der Waals surface area contributed by atoms with Gasteiger partial charge >= 0.3 is 0 Å². The van der Waals surface area contributed by atoms with E-state index in [0.717, 1.165) is 12.1 Å². The van der Waals surface area contributed by atoms with E-state index >= 15 is 0 Å². The number of nitrogens with zero attached hydrogens (tertiary/aromatic N) is 4. The number of anilines is 1. The molecule has 2 aromatic heterocycles. The van der Waals surface area contributed by atoms with Gasteiger partial charge in [-0.15, -0.1) is 0 Å². The van der Waals surface area contributed by atoms with Crippen LogP contribution in [0.5, 0.6) is 5.75 Å². The third-order valence-electron chi connectivity index (χ3n) is 5.05. The first-order valence-corrected chi connectivity index (χ1v) is 10.8. The Morgan fingerprint density at radius 1 is 1.37 bits per heavy atom. The van der Waals surface area contributed by atoms with Crippen LogP contribution in [-0.2, 0) is 23.3 Å². The van der Waals surface area contributed by atoms with E-state index in [0.29, 0.717) is 16.8 Å². The van der Waals surface area contributed by atoms with Gasteiger partial charge in [0.25, 0.3) is 0 Å². The van der Waals surface area contributed by atoms with Crippen molar-refractivity contribution in [2.45, 2.75) is 24.3 Å². The van der Waals surface area contributed by atoms with Crippen molar-refractivity contribution in [2.75, 3.05) is 11.5 Å². The number of nitriles is 1. The monoisotopic (exact) mass is 427 g/mol. The number of halogens is 1. The van der Waals surface area contributed by atoms with Crippen molar-refractivity contribution in [3.8, 4) is 22.9 Å². The highest BCUT2D eigenvalue weighted by Gasteiger charge is 2.27. The van der Waals surface area contributed by atoms with Gasteiger partial charge in [0.05, 0.1) is 16.3 Å². The molecule has 0 amide bonds. The fourth-order valence-corrected chi connectivity index (χ4v) is 5.13. The van der Waals surface area contributed by atoms with Crippen LogP contribution in [0.15, 0.2) is 35.4 Å². The molecular formula is C20H18FN5O3S. The Hall–Kier alpha value is -3.45. The van der Waals surface area contributed by atoms with Gasteiger partial charge in [-0.2, -0.15) is 10.4 Å². The van der Waals surface area contributed by atoms with Gasteiger partial charge in [-0.3, -0.25) is 4.68 Å². The standard InChI is InChI=1S/C20H18FN5O3S/c1-11-14-8-13(21)3-4-18(14)30(27,28)6-5-15-19(16(9-22)26(2)25-15)12-7-17(29-11)20(23)24-10-12/h3-4,7-8,10-11H,5-6H2,1-2H3,(H2,23,24)/t11-/m1/s1. The second-order valence-electron chi connectivity index (χ2n) is 7.02. The van der Waals surface area contributed by atoms with E-state index in [1.807, 2.05) is 0 Å². The van der Waals surface area contributed by atoms with Gasteiger partial charge in [0.1, 0.15) is 23.7 Å². The highest BCUT2D eigenvalue weighted by molar-refractivity contribution is 7.91. The third kappa shape index (κ3) is 3.27. The van der Waals surface area contributed by atoms with Crippen LogP contribution >= 0.6 is 0 Å². The summed E-state index contributed by atoms with van der Waals surface area (Å²) in [5.74, 6) is -0.543. The Kier molecular flexibility index (Phi) is 4.70. The maximum Gasteiger partial charge on any atom is 0.179 e. The van der Waals surface area contributed by atoms with Crippen molar-refractivity contribution in [3.63, 3.8) is 0 Å². The highest BCUT2D eigenvalue weighted by Crippen LogP contribution is 2.36. The second kappa shape index (κ2) is 7.11. The molecule has 0 spiro atoms. The Morgan fingerprint density at radius 2 is 2.13 bits per heavy atom. The first-order valence-electron chi connectivity index (χ1n) is 9.12. The molecule has 8 nitrogen and oxygen atoms in total. The van der Waals surface area contributed by atoms with E-state index in [2.05, 4.69) is 16.2 Å². The van der Waals surface area contributed by atoms with Crippen LogP contribution in [0.2, 0.25) is 0 Å². The van der Waals surface area contributed by atoms with Crippen molar-refractivity contribution in [3.05, 3.63) is 53.2 Å². The quantitative estimate of drug-likeness (QED) is 0.547. The van der Waals surface area contributed by atoms with Crippen LogP contribution in [0.4, 0.5) is 10.2 Å². The molecule has 2 bridgehead atoms. The molecule has 0 unspecified atom stereocenters. The molecule has 1 aromatic carbocycles. The van der Waals surface area contributed by atoms with E-state index in [-0.39, 0.29) is 39.9 Å². The molecule has 10 heteroatoms. The van der Waals surface area contributed by atoms with Crippen molar-refractivity contribution in [1.82, 2.24) is 14.8 Å². The summed E-state index contributed by atoms with van der Waals surface area (Å²) in [5, 5.41) is 13.9. The normalized spacial score (nSPS) is 17.5. The van der Waals surface area contributed by atoms with Crippen LogP contribution in [-0.4, -0.2) is 28.9 Å². The van der Waals surface area contributed by atoms with Crippen LogP contribution in [0.25, 0.3) is 11.1 Å². The Morgan fingerprint density at radius 3 is 2.87 bits per heavy atom. The molecule has 154 valence electrons. The molecule has 3 heterocycles. The number of sulfone groups is 1. The molecule has 3 aromatic rings. The molecule has 1 aliphatic rings. The number of fused-ring (bicyclic) bond motifs is 5. The van der Waals surface area contributed by atoms with Crippen LogP contribution < -0.4 is 10.5 Å². The number of benzene rings is 1. The van der Waals surface area contributed by atoms with Crippen LogP contribution in [0, 0.1) is 17.1 Å². The molecule has 0 saturated heterocycles. The van der Waals surface area contributed by atoms with Crippen LogP contribution in [0.1, 0.15) is 30.0 Å². The molecule has 0 saturated carbocycles. The fraction of sp³-hybridized carbons (Fsp3) is 0.250. The highest BCUT2D eigenvalue weighted by atomic mass is 32.2. The number of hydrogen-bond acceptors (Lipinski definition) is 7. The van der Waals surface area contributed by atoms with Crippen molar-refractivity contribution in [2.24, 2.45) is 7.05 Å². The minimum atomic E-state index is -3.79. The topological polar surface area (TPSA) is 124 Å². The molecule has 0 fully saturated rings. The predicted octanol–water partition coefficient (Wildman–Crippen LogP) is 2.54. The zero-order valence-electron chi connectivity index (χ0n) is 16.3. The predicted molar refractivity (Wildman–Crippen MR) is 107 cm³/mol. The van der Waals surface area contributed by atoms with E-state index in [1.54, 1.807) is 20.0 Å². The largest absolute Gasteiger partial charge is 0.482 e. The Labute approximate surface area is 172 Å². The summed E-state index contributed by atoms with van der Waals surface area (Å²) in [7, 11) is -2.18. The van der Waals surface area contributed by atoms with Gasteiger partial charge in [-0.25, -0.2) is 17.8 Å². The lowest BCUT2D eigenvalue weighted by Gasteiger charge is -2.20. The molecule has 4 rings (SSSR count). The lowest BCUT2D eigenvalue weighted by Crippen LogP contribution is -2.16. The van der Waals surface area contributed by atoms with Gasteiger partial charge in [-0.1, -0.05) is 0 Å². The molecular weight excluding hydrogens is 409 g/mol. The van der Waals surface area contributed by atoms with Gasteiger partial charge in [0.2, 0.25) is 0 Å². The minimum Gasteiger partial charge on any atom is -0.482 e. The summed E-state index contributed by atoms with van der Waals surface area (Å²) in [4.78, 5) is 4.15. The van der Waals surface area contributed by atoms with E-state index in [4.69, 9.17) is 10.5 Å². The zero-order chi connectivity index (χ0) is 21.6. The van der Waals surface area contributed by atoms with Gasteiger partial charge in [0, 0.05) is 36.4 Å². The van der Waals surface area contributed by atoms with Crippen molar-refractivity contribution < 1.29 is 17.5 Å². The number of pyridine rings is 1. The zero-order valence-corrected chi connectivity index (χ0v) is 17.1. The van der Waals surface area contributed by atoms with Gasteiger partial charge in [0.15, 0.2) is 21.4 Å². The minimum absolute atomic E-state index is 0.0161. The number of ether oxygens (including phenoxy) is 1. The average molecular weight is 427 g/mol. The summed E-state index contributed by atoms with van der Waals surface area (Å²) < 4.78 is 47.4. The van der Waals surface area contributed by atoms with Gasteiger partial charge in [-0.05, 0) is 31.2 Å². The first-order chi connectivity index (χ1) is 14.2. The lowest BCUT2D eigenvalue weighted by molar-refractivity contribution is 0.224. The smallest absolute Gasteiger partial charge is 0.179 e. The van der Waals surface area contributed by atoms with E-state index in [9.17, 15) is 18.1 Å². The maximum atomic E-state index is 13.9. The molecule has 0 radical (unpaired) electrons. The first kappa shape index (κ1) is 19.8. The molecule has 30 heavy (non-hydrogen) atoms. The lowest BCUT2D eigenvalue weighted by atomic mass is 10.0. The number of nitrogen functional groups attached to an aromatic ring is 1. The van der Waals surface area contributed by atoms with Crippen LogP contribution in [0.3, 0.4) is 0 Å². The number of hydrogen-bond donors (Lipinski definition) is 1. The number of nitrogens with two attached hydrogens (primary N) is 1. The maximum absolute atomic E-state index is 13.9. The molecule has 2 N–H and O–H groups in total. The Bertz CT molecular complexity index is 1310. The second-order valence-corrected chi connectivity index (χ2v) is 9.10. The van der Waals surface area contributed by atoms with Gasteiger partial charge < -0.3 is 10.5 Å². The summed E-state index contributed by atoms with van der Waals surface area (Å²) in [6.07, 6.45) is 0.745.